The molecule has 4 rings (SSSR count). The van der Waals surface area contributed by atoms with E-state index in [9.17, 15) is 4.79 Å². The van der Waals surface area contributed by atoms with Crippen molar-refractivity contribution in [2.45, 2.75) is 20.0 Å². The second kappa shape index (κ2) is 7.62. The molecule has 0 bridgehead atoms. The summed E-state index contributed by atoms with van der Waals surface area (Å²) in [5, 5.41) is 0.698. The van der Waals surface area contributed by atoms with Gasteiger partial charge < -0.3 is 4.42 Å². The third kappa shape index (κ3) is 3.86. The quantitative estimate of drug-likeness (QED) is 0.499. The summed E-state index contributed by atoms with van der Waals surface area (Å²) < 4.78 is 7.58. The van der Waals surface area contributed by atoms with E-state index < -0.39 is 0 Å². The lowest BCUT2D eigenvalue weighted by Crippen LogP contribution is -2.22. The third-order valence-corrected chi connectivity index (χ3v) is 4.83. The first-order valence-corrected chi connectivity index (χ1v) is 9.39. The molecule has 0 unspecified atom stereocenters. The van der Waals surface area contributed by atoms with Crippen LogP contribution in [0, 0.1) is 6.92 Å². The average molecular weight is 394 g/mol. The molecule has 6 heteroatoms. The average Bonchev–Trinajstić information content (AvgIpc) is 3.10. The number of furan rings is 1. The lowest BCUT2D eigenvalue weighted by molar-refractivity contribution is 0.286. The van der Waals surface area contributed by atoms with Crippen LogP contribution in [0.4, 0.5) is 0 Å². The molecule has 0 fully saturated rings. The molecule has 0 saturated heterocycles. The topological polar surface area (TPSA) is 50.8 Å². The minimum Gasteiger partial charge on any atom is -0.460 e. The van der Waals surface area contributed by atoms with E-state index in [1.807, 2.05) is 68.6 Å². The van der Waals surface area contributed by atoms with Gasteiger partial charge in [0, 0.05) is 28.9 Å². The van der Waals surface area contributed by atoms with Crippen molar-refractivity contribution in [3.63, 3.8) is 0 Å². The monoisotopic (exact) mass is 393 g/mol. The van der Waals surface area contributed by atoms with Gasteiger partial charge in [-0.25, -0.2) is 4.98 Å². The fraction of sp³-hybridized carbons (Fsp3) is 0.182. The number of nitrogens with zero attached hydrogens (tertiary/aromatic N) is 3. The minimum atomic E-state index is -0.0606. The van der Waals surface area contributed by atoms with Crippen LogP contribution in [0.3, 0.4) is 0 Å². The normalized spacial score (nSPS) is 11.4. The third-order valence-electron chi connectivity index (χ3n) is 4.58. The molecule has 4 aromatic rings. The SMILES string of the molecule is Cc1cccc2nc(CN(C)Cc3ccc(-c4ccc(Cl)cc4)o3)cc(=O)n12. The molecule has 0 aliphatic carbocycles. The maximum Gasteiger partial charge on any atom is 0.258 e. The summed E-state index contributed by atoms with van der Waals surface area (Å²) in [6.45, 7) is 3.07. The first-order chi connectivity index (χ1) is 13.5. The molecular weight excluding hydrogens is 374 g/mol. The number of benzene rings is 1. The van der Waals surface area contributed by atoms with Gasteiger partial charge in [-0.15, -0.1) is 0 Å². The highest BCUT2D eigenvalue weighted by molar-refractivity contribution is 6.30. The predicted octanol–water partition coefficient (Wildman–Crippen LogP) is 4.55. The Hall–Kier alpha value is -2.89. The lowest BCUT2D eigenvalue weighted by Gasteiger charge is -2.15. The second-order valence-corrected chi connectivity index (χ2v) is 7.33. The van der Waals surface area contributed by atoms with E-state index in [1.54, 1.807) is 10.5 Å². The number of hydrogen-bond donors (Lipinski definition) is 0. The Kier molecular flexibility index (Phi) is 5.03. The summed E-state index contributed by atoms with van der Waals surface area (Å²) in [5.41, 5.74) is 3.20. The van der Waals surface area contributed by atoms with Gasteiger partial charge in [0.25, 0.3) is 5.56 Å². The van der Waals surface area contributed by atoms with Gasteiger partial charge in [-0.1, -0.05) is 17.7 Å². The Morgan fingerprint density at radius 2 is 1.86 bits per heavy atom. The number of pyridine rings is 1. The van der Waals surface area contributed by atoms with Crippen molar-refractivity contribution in [2.24, 2.45) is 0 Å². The van der Waals surface area contributed by atoms with Gasteiger partial charge >= 0.3 is 0 Å². The van der Waals surface area contributed by atoms with Gasteiger partial charge in [-0.2, -0.15) is 0 Å². The molecule has 3 aromatic heterocycles. The van der Waals surface area contributed by atoms with Gasteiger partial charge in [0.05, 0.1) is 12.2 Å². The van der Waals surface area contributed by atoms with Gasteiger partial charge in [0.1, 0.15) is 17.2 Å². The summed E-state index contributed by atoms with van der Waals surface area (Å²) in [4.78, 5) is 19.1. The van der Waals surface area contributed by atoms with Crippen molar-refractivity contribution in [3.8, 4) is 11.3 Å². The lowest BCUT2D eigenvalue weighted by atomic mass is 10.2. The summed E-state index contributed by atoms with van der Waals surface area (Å²) in [6, 6.07) is 18.7. The van der Waals surface area contributed by atoms with Gasteiger partial charge in [0.15, 0.2) is 0 Å². The standard InChI is InChI=1S/C22H20ClN3O2/c1-15-4-3-5-21-24-18(12-22(27)26(15)21)13-25(2)14-19-10-11-20(28-19)16-6-8-17(23)9-7-16/h3-12H,13-14H2,1-2H3. The van der Waals surface area contributed by atoms with E-state index in [-0.39, 0.29) is 5.56 Å². The van der Waals surface area contributed by atoms with Crippen LogP contribution in [-0.2, 0) is 13.1 Å². The number of halogens is 1. The molecule has 28 heavy (non-hydrogen) atoms. The molecular formula is C22H20ClN3O2. The van der Waals surface area contributed by atoms with Crippen LogP contribution < -0.4 is 5.56 Å². The Balaban J connectivity index is 1.49. The molecule has 0 saturated carbocycles. The number of hydrogen-bond acceptors (Lipinski definition) is 4. The molecule has 5 nitrogen and oxygen atoms in total. The van der Waals surface area contributed by atoms with Crippen molar-refractivity contribution in [2.75, 3.05) is 7.05 Å². The minimum absolute atomic E-state index is 0.0606. The number of aromatic nitrogens is 2. The molecule has 1 aromatic carbocycles. The molecule has 0 aliphatic rings. The Labute approximate surface area is 167 Å². The summed E-state index contributed by atoms with van der Waals surface area (Å²) in [5.74, 6) is 1.65. The van der Waals surface area contributed by atoms with Crippen molar-refractivity contribution < 1.29 is 4.42 Å². The Morgan fingerprint density at radius 1 is 1.07 bits per heavy atom. The summed E-state index contributed by atoms with van der Waals surface area (Å²) >= 11 is 5.94. The van der Waals surface area contributed by atoms with Crippen LogP contribution >= 0.6 is 11.6 Å². The van der Waals surface area contributed by atoms with Gasteiger partial charge in [-0.05, 0) is 62.5 Å². The highest BCUT2D eigenvalue weighted by Gasteiger charge is 2.10. The first-order valence-electron chi connectivity index (χ1n) is 9.01. The van der Waals surface area contributed by atoms with E-state index in [0.717, 1.165) is 28.5 Å². The molecule has 0 amide bonds. The highest BCUT2D eigenvalue weighted by Crippen LogP contribution is 2.24. The van der Waals surface area contributed by atoms with E-state index in [2.05, 4.69) is 9.88 Å². The maximum atomic E-state index is 12.4. The van der Waals surface area contributed by atoms with Crippen LogP contribution in [0.25, 0.3) is 17.0 Å². The van der Waals surface area contributed by atoms with Crippen LogP contribution in [0.5, 0.6) is 0 Å². The zero-order valence-electron chi connectivity index (χ0n) is 15.7. The second-order valence-electron chi connectivity index (χ2n) is 6.89. The number of rotatable bonds is 5. The molecule has 0 spiro atoms. The maximum absolute atomic E-state index is 12.4. The van der Waals surface area contributed by atoms with E-state index in [1.165, 1.54) is 0 Å². The first kappa shape index (κ1) is 18.5. The smallest absolute Gasteiger partial charge is 0.258 e. The highest BCUT2D eigenvalue weighted by atomic mass is 35.5. The summed E-state index contributed by atoms with van der Waals surface area (Å²) in [7, 11) is 1.98. The molecule has 0 radical (unpaired) electrons. The van der Waals surface area contributed by atoms with Crippen molar-refractivity contribution in [1.82, 2.24) is 14.3 Å². The van der Waals surface area contributed by atoms with Crippen LogP contribution in [0.1, 0.15) is 17.1 Å². The van der Waals surface area contributed by atoms with E-state index in [4.69, 9.17) is 16.0 Å². The molecule has 3 heterocycles. The van der Waals surface area contributed by atoms with Crippen LogP contribution in [0.2, 0.25) is 5.02 Å². The van der Waals surface area contributed by atoms with E-state index >= 15 is 0 Å². The zero-order valence-corrected chi connectivity index (χ0v) is 16.5. The Morgan fingerprint density at radius 3 is 2.64 bits per heavy atom. The van der Waals surface area contributed by atoms with Gasteiger partial charge in [-0.3, -0.25) is 14.1 Å². The van der Waals surface area contributed by atoms with Crippen LogP contribution in [-0.4, -0.2) is 21.3 Å². The Bertz CT molecular complexity index is 1180. The van der Waals surface area contributed by atoms with Crippen LogP contribution in [0.15, 0.2) is 69.9 Å². The molecule has 142 valence electrons. The number of fused-ring (bicyclic) bond motifs is 1. The largest absolute Gasteiger partial charge is 0.460 e. The fourth-order valence-corrected chi connectivity index (χ4v) is 3.40. The fourth-order valence-electron chi connectivity index (χ4n) is 3.28. The molecule has 0 N–H and O–H groups in total. The zero-order chi connectivity index (χ0) is 19.7. The van der Waals surface area contributed by atoms with Crippen molar-refractivity contribution >= 4 is 17.2 Å². The van der Waals surface area contributed by atoms with Gasteiger partial charge in [0.2, 0.25) is 0 Å². The summed E-state index contributed by atoms with van der Waals surface area (Å²) in [6.07, 6.45) is 0. The van der Waals surface area contributed by atoms with E-state index in [0.29, 0.717) is 23.8 Å². The van der Waals surface area contributed by atoms with Crippen molar-refractivity contribution in [1.29, 1.82) is 0 Å². The van der Waals surface area contributed by atoms with Crippen molar-refractivity contribution in [3.05, 3.63) is 93.2 Å². The predicted molar refractivity (Wildman–Crippen MR) is 111 cm³/mol. The molecule has 0 aliphatic heterocycles. The number of aryl methyl sites for hydroxylation is 1. The molecule has 0 atom stereocenters.